The maximum absolute atomic E-state index is 13.4. The summed E-state index contributed by atoms with van der Waals surface area (Å²) in [4.78, 5) is 13.3. The van der Waals surface area contributed by atoms with Crippen LogP contribution in [0.25, 0.3) is 11.1 Å². The fourth-order valence-electron chi connectivity index (χ4n) is 3.42. The number of anilines is 1. The van der Waals surface area contributed by atoms with Gasteiger partial charge in [-0.2, -0.15) is 0 Å². The first-order chi connectivity index (χ1) is 15.7. The third-order valence-electron chi connectivity index (χ3n) is 4.91. The van der Waals surface area contributed by atoms with Crippen LogP contribution in [0.2, 0.25) is 5.02 Å². The lowest BCUT2D eigenvalue weighted by molar-refractivity contribution is 0.603. The number of sulfonamides is 1. The minimum atomic E-state index is -3.91. The monoisotopic (exact) mass is 501 g/mol. The summed E-state index contributed by atoms with van der Waals surface area (Å²) in [5.74, 6) is 0.394. The van der Waals surface area contributed by atoms with Crippen molar-refractivity contribution in [3.05, 3.63) is 76.4 Å². The Kier molecular flexibility index (Phi) is 6.83. The van der Waals surface area contributed by atoms with Gasteiger partial charge in [0.25, 0.3) is 10.0 Å². The molecule has 7 nitrogen and oxygen atoms in total. The van der Waals surface area contributed by atoms with Gasteiger partial charge in [-0.05, 0) is 42.5 Å². The molecule has 0 aliphatic rings. The lowest BCUT2D eigenvalue weighted by Gasteiger charge is -2.10. The highest BCUT2D eigenvalue weighted by atomic mass is 35.5. The van der Waals surface area contributed by atoms with E-state index >= 15 is 0 Å². The molecule has 0 saturated carbocycles. The molecule has 0 saturated heterocycles. The van der Waals surface area contributed by atoms with Gasteiger partial charge in [0.15, 0.2) is 0 Å². The zero-order valence-corrected chi connectivity index (χ0v) is 20.9. The Balaban J connectivity index is 1.74. The van der Waals surface area contributed by atoms with Crippen LogP contribution in [0.4, 0.5) is 5.95 Å². The summed E-state index contributed by atoms with van der Waals surface area (Å²) in [6.07, 6.45) is 7.56. The lowest BCUT2D eigenvalue weighted by Crippen LogP contribution is -2.15. The van der Waals surface area contributed by atoms with Crippen LogP contribution in [0.1, 0.15) is 30.0 Å². The quantitative estimate of drug-likeness (QED) is 0.348. The van der Waals surface area contributed by atoms with Crippen molar-refractivity contribution >= 4 is 38.9 Å². The van der Waals surface area contributed by atoms with Crippen molar-refractivity contribution in [2.45, 2.75) is 37.9 Å². The van der Waals surface area contributed by atoms with E-state index in [-0.39, 0.29) is 10.2 Å². The number of hydrogen-bond donors (Lipinski definition) is 1. The average molecular weight is 502 g/mol. The first-order valence-corrected chi connectivity index (χ1v) is 13.1. The highest BCUT2D eigenvalue weighted by Crippen LogP contribution is 2.37. The third-order valence-corrected chi connectivity index (χ3v) is 8.30. The Bertz CT molecular complexity index is 1370. The normalized spacial score (nSPS) is 11.8. The molecule has 1 aromatic carbocycles. The van der Waals surface area contributed by atoms with Crippen molar-refractivity contribution in [1.82, 2.24) is 19.5 Å². The van der Waals surface area contributed by atoms with Gasteiger partial charge in [-0.15, -0.1) is 11.3 Å². The van der Waals surface area contributed by atoms with Gasteiger partial charge in [0.05, 0.1) is 23.2 Å². The molecule has 4 aromatic rings. The number of thiophene rings is 1. The Morgan fingerprint density at radius 2 is 2.06 bits per heavy atom. The van der Waals surface area contributed by atoms with Crippen LogP contribution >= 0.6 is 22.9 Å². The summed E-state index contributed by atoms with van der Waals surface area (Å²) in [7, 11) is -3.91. The Morgan fingerprint density at radius 3 is 2.76 bits per heavy atom. The van der Waals surface area contributed by atoms with E-state index in [2.05, 4.69) is 33.5 Å². The van der Waals surface area contributed by atoms with Crippen LogP contribution in [0, 0.1) is 12.8 Å². The molecule has 0 amide bonds. The summed E-state index contributed by atoms with van der Waals surface area (Å²) in [5, 5.41) is 0.378. The van der Waals surface area contributed by atoms with Crippen molar-refractivity contribution < 1.29 is 8.42 Å². The molecule has 0 unspecified atom stereocenters. The Hall–Kier alpha value is -2.75. The third kappa shape index (κ3) is 5.61. The van der Waals surface area contributed by atoms with Crippen LogP contribution in [0.5, 0.6) is 0 Å². The van der Waals surface area contributed by atoms with E-state index in [0.29, 0.717) is 28.7 Å². The van der Waals surface area contributed by atoms with Crippen molar-refractivity contribution in [3.8, 4) is 11.1 Å². The fraction of sp³-hybridized carbons (Fsp3) is 0.261. The van der Waals surface area contributed by atoms with Gasteiger partial charge in [0, 0.05) is 29.4 Å². The zero-order valence-electron chi connectivity index (χ0n) is 18.5. The molecule has 3 aromatic heterocycles. The van der Waals surface area contributed by atoms with Gasteiger partial charge in [-0.3, -0.25) is 0 Å². The van der Waals surface area contributed by atoms with E-state index in [9.17, 15) is 8.42 Å². The molecule has 3 heterocycles. The number of nitrogens with zero attached hydrogens (tertiary/aromatic N) is 4. The largest absolute Gasteiger partial charge is 0.333 e. The fourth-order valence-corrected chi connectivity index (χ4v) is 6.42. The Labute approximate surface area is 202 Å². The van der Waals surface area contributed by atoms with E-state index in [1.54, 1.807) is 19.4 Å². The predicted molar refractivity (Wildman–Crippen MR) is 132 cm³/mol. The van der Waals surface area contributed by atoms with Crippen molar-refractivity contribution in [3.63, 3.8) is 0 Å². The minimum absolute atomic E-state index is 0.00415. The molecule has 4 rings (SSSR count). The molecule has 1 N–H and O–H groups in total. The van der Waals surface area contributed by atoms with Gasteiger partial charge in [-0.1, -0.05) is 43.6 Å². The zero-order chi connectivity index (χ0) is 23.6. The van der Waals surface area contributed by atoms with E-state index < -0.39 is 10.0 Å². The second-order valence-electron chi connectivity index (χ2n) is 8.18. The molecule has 0 aliphatic carbocycles. The number of rotatable bonds is 8. The molecule has 0 radical (unpaired) electrons. The topological polar surface area (TPSA) is 89.8 Å². The number of nitrogens with one attached hydrogen (secondary N) is 1. The van der Waals surface area contributed by atoms with Crippen LogP contribution in [-0.2, 0) is 23.0 Å². The van der Waals surface area contributed by atoms with Crippen LogP contribution in [0.15, 0.2) is 59.5 Å². The van der Waals surface area contributed by atoms with E-state index in [4.69, 9.17) is 11.6 Å². The summed E-state index contributed by atoms with van der Waals surface area (Å²) in [6.45, 7) is 6.57. The molecule has 0 atom stereocenters. The van der Waals surface area contributed by atoms with Gasteiger partial charge in [0.1, 0.15) is 4.21 Å². The molecule has 10 heteroatoms. The molecule has 33 heavy (non-hydrogen) atoms. The number of hydrogen-bond acceptors (Lipinski definition) is 6. The number of imidazole rings is 1. The van der Waals surface area contributed by atoms with E-state index in [0.717, 1.165) is 22.4 Å². The summed E-state index contributed by atoms with van der Waals surface area (Å²) in [5.41, 5.74) is 3.06. The lowest BCUT2D eigenvalue weighted by atomic mass is 10.0. The SMILES string of the molecule is Cc1nc(NS(=O)(=O)c2sc(CC(C)C)cc2-c2cccc(Cn3ccnc3)c2)ncc1Cl. The maximum Gasteiger partial charge on any atom is 0.274 e. The summed E-state index contributed by atoms with van der Waals surface area (Å²) < 4.78 is 31.5. The smallest absolute Gasteiger partial charge is 0.274 e. The van der Waals surface area contributed by atoms with Gasteiger partial charge in [0.2, 0.25) is 5.95 Å². The highest BCUT2D eigenvalue weighted by Gasteiger charge is 2.25. The molecule has 0 fully saturated rings. The van der Waals surface area contributed by atoms with Crippen LogP contribution in [-0.4, -0.2) is 27.9 Å². The summed E-state index contributed by atoms with van der Waals surface area (Å²) >= 11 is 7.27. The Morgan fingerprint density at radius 1 is 1.24 bits per heavy atom. The number of benzene rings is 1. The van der Waals surface area contributed by atoms with Crippen LogP contribution in [0.3, 0.4) is 0 Å². The van der Waals surface area contributed by atoms with Gasteiger partial charge in [-0.25, -0.2) is 28.1 Å². The first kappa shape index (κ1) is 23.4. The first-order valence-electron chi connectivity index (χ1n) is 10.4. The molecule has 0 aliphatic heterocycles. The summed E-state index contributed by atoms with van der Waals surface area (Å²) in [6, 6.07) is 9.88. The van der Waals surface area contributed by atoms with Crippen LogP contribution < -0.4 is 4.72 Å². The maximum atomic E-state index is 13.4. The second-order valence-corrected chi connectivity index (χ2v) is 11.6. The molecule has 172 valence electrons. The van der Waals surface area contributed by atoms with E-state index in [1.165, 1.54) is 17.5 Å². The van der Waals surface area contributed by atoms with Gasteiger partial charge >= 0.3 is 0 Å². The minimum Gasteiger partial charge on any atom is -0.333 e. The van der Waals surface area contributed by atoms with Gasteiger partial charge < -0.3 is 4.57 Å². The highest BCUT2D eigenvalue weighted by molar-refractivity contribution is 7.94. The number of aryl methyl sites for hydroxylation is 1. The number of halogens is 1. The second kappa shape index (κ2) is 9.62. The van der Waals surface area contributed by atoms with Crippen molar-refractivity contribution in [2.75, 3.05) is 4.72 Å². The van der Waals surface area contributed by atoms with Crippen molar-refractivity contribution in [1.29, 1.82) is 0 Å². The molecular weight excluding hydrogens is 478 g/mol. The van der Waals surface area contributed by atoms with E-state index in [1.807, 2.05) is 41.1 Å². The predicted octanol–water partition coefficient (Wildman–Crippen LogP) is 5.41. The molecule has 0 bridgehead atoms. The van der Waals surface area contributed by atoms with Crippen molar-refractivity contribution in [2.24, 2.45) is 5.92 Å². The molecular formula is C23H24ClN5O2S2. The standard InChI is InChI=1S/C23H24ClN5O2S2/c1-15(2)9-19-11-20(18-6-4-5-17(10-18)13-29-8-7-25-14-29)22(32-19)33(30,31)28-23-26-12-21(24)16(3)27-23/h4-8,10-12,14-15H,9,13H2,1-3H3,(H,26,27,28). The number of aromatic nitrogens is 4. The molecule has 0 spiro atoms. The average Bonchev–Trinajstić information content (AvgIpc) is 3.41.